The van der Waals surface area contributed by atoms with Crippen LogP contribution in [0, 0.1) is 0 Å². The molecule has 1 rings (SSSR count). The summed E-state index contributed by atoms with van der Waals surface area (Å²) in [5.41, 5.74) is -0.434. The fraction of sp³-hybridized carbons (Fsp3) is 0.556. The molecule has 0 aliphatic rings. The molecule has 0 saturated heterocycles. The summed E-state index contributed by atoms with van der Waals surface area (Å²) in [6.45, 7) is 4.88. The van der Waals surface area contributed by atoms with Crippen LogP contribution in [0.2, 0.25) is 0 Å². The van der Waals surface area contributed by atoms with E-state index in [-0.39, 0.29) is 11.2 Å². The molecule has 13 heavy (non-hydrogen) atoms. The van der Waals surface area contributed by atoms with Crippen LogP contribution in [-0.2, 0) is 13.1 Å². The molecule has 0 amide bonds. The molecule has 0 spiro atoms. The summed E-state index contributed by atoms with van der Waals surface area (Å²) in [6, 6.07) is 1.43. The summed E-state index contributed by atoms with van der Waals surface area (Å²) in [7, 11) is 0. The van der Waals surface area contributed by atoms with Gasteiger partial charge in [0.25, 0.3) is 5.56 Å². The molecule has 0 radical (unpaired) electrons. The molecule has 4 heteroatoms. The second kappa shape index (κ2) is 4.07. The van der Waals surface area contributed by atoms with Crippen LogP contribution in [-0.4, -0.2) is 9.13 Å². The molecule has 4 nitrogen and oxygen atoms in total. The third kappa shape index (κ3) is 1.88. The van der Waals surface area contributed by atoms with Crippen LogP contribution < -0.4 is 11.2 Å². The van der Waals surface area contributed by atoms with E-state index in [1.54, 1.807) is 17.7 Å². The second-order valence-corrected chi connectivity index (χ2v) is 2.87. The minimum Gasteiger partial charge on any atom is -0.300 e. The Morgan fingerprint density at radius 3 is 2.54 bits per heavy atom. The topological polar surface area (TPSA) is 44.0 Å². The van der Waals surface area contributed by atoms with Crippen molar-refractivity contribution in [1.29, 1.82) is 0 Å². The van der Waals surface area contributed by atoms with Crippen LogP contribution in [0.3, 0.4) is 0 Å². The highest BCUT2D eigenvalue weighted by atomic mass is 16.2. The summed E-state index contributed by atoms with van der Waals surface area (Å²) < 4.78 is 2.79. The quantitative estimate of drug-likeness (QED) is 0.680. The summed E-state index contributed by atoms with van der Waals surface area (Å²) in [5, 5.41) is 0. The Hall–Kier alpha value is -1.32. The van der Waals surface area contributed by atoms with Gasteiger partial charge in [0.1, 0.15) is 0 Å². The average Bonchev–Trinajstić information content (AvgIpc) is 2.11. The van der Waals surface area contributed by atoms with Crippen LogP contribution in [0.15, 0.2) is 21.9 Å². The van der Waals surface area contributed by atoms with Gasteiger partial charge in [-0.15, -0.1) is 0 Å². The highest BCUT2D eigenvalue weighted by molar-refractivity contribution is 4.85. The lowest BCUT2D eigenvalue weighted by molar-refractivity contribution is 0.562. The maximum Gasteiger partial charge on any atom is 0.330 e. The minimum atomic E-state index is -0.222. The smallest absolute Gasteiger partial charge is 0.300 e. The fourth-order valence-corrected chi connectivity index (χ4v) is 1.26. The Kier molecular flexibility index (Phi) is 3.06. The Morgan fingerprint density at radius 2 is 2.00 bits per heavy atom. The lowest BCUT2D eigenvalue weighted by Gasteiger charge is -2.05. The summed E-state index contributed by atoms with van der Waals surface area (Å²) in [4.78, 5) is 22.7. The van der Waals surface area contributed by atoms with Gasteiger partial charge in [-0.3, -0.25) is 9.36 Å². The predicted octanol–water partition coefficient (Wildman–Crippen LogP) is 0.440. The first kappa shape index (κ1) is 9.77. The van der Waals surface area contributed by atoms with Crippen molar-refractivity contribution >= 4 is 0 Å². The van der Waals surface area contributed by atoms with E-state index in [9.17, 15) is 9.59 Å². The molecule has 0 saturated carbocycles. The molecule has 1 aromatic heterocycles. The van der Waals surface area contributed by atoms with Crippen molar-refractivity contribution in [2.45, 2.75) is 33.4 Å². The molecule has 0 atom stereocenters. The van der Waals surface area contributed by atoms with Crippen LogP contribution in [0.25, 0.3) is 0 Å². The number of hydrogen-bond acceptors (Lipinski definition) is 2. The lowest BCUT2D eigenvalue weighted by Crippen LogP contribution is -2.38. The van der Waals surface area contributed by atoms with Crippen LogP contribution in [0.5, 0.6) is 0 Å². The highest BCUT2D eigenvalue weighted by Gasteiger charge is 2.01. The van der Waals surface area contributed by atoms with Gasteiger partial charge in [0, 0.05) is 25.4 Å². The van der Waals surface area contributed by atoms with Gasteiger partial charge >= 0.3 is 5.69 Å². The zero-order chi connectivity index (χ0) is 9.84. The molecule has 72 valence electrons. The van der Waals surface area contributed by atoms with Crippen molar-refractivity contribution in [2.75, 3.05) is 0 Å². The van der Waals surface area contributed by atoms with E-state index in [1.165, 1.54) is 10.6 Å². The molecule has 0 aliphatic carbocycles. The standard InChI is InChI=1S/C9H14N2O2/c1-3-6-10-7-5-8(12)11(4-2)9(10)13/h5,7H,3-4,6H2,1-2H3. The number of rotatable bonds is 3. The molecule has 1 heterocycles. The zero-order valence-electron chi connectivity index (χ0n) is 7.99. The van der Waals surface area contributed by atoms with Crippen molar-refractivity contribution in [3.05, 3.63) is 33.1 Å². The van der Waals surface area contributed by atoms with E-state index in [0.29, 0.717) is 13.1 Å². The lowest BCUT2D eigenvalue weighted by atomic mass is 10.4. The number of nitrogens with zero attached hydrogens (tertiary/aromatic N) is 2. The summed E-state index contributed by atoms with van der Waals surface area (Å²) in [5.74, 6) is 0. The average molecular weight is 182 g/mol. The molecule has 0 bridgehead atoms. The minimum absolute atomic E-state index is 0.211. The van der Waals surface area contributed by atoms with Crippen molar-refractivity contribution in [1.82, 2.24) is 9.13 Å². The van der Waals surface area contributed by atoms with Gasteiger partial charge in [-0.25, -0.2) is 4.79 Å². The highest BCUT2D eigenvalue weighted by Crippen LogP contribution is 1.83. The summed E-state index contributed by atoms with van der Waals surface area (Å²) in [6.07, 6.45) is 2.45. The van der Waals surface area contributed by atoms with Crippen LogP contribution >= 0.6 is 0 Å². The van der Waals surface area contributed by atoms with Gasteiger partial charge in [-0.2, -0.15) is 0 Å². The maximum atomic E-state index is 11.5. The Balaban J connectivity index is 3.28. The molecule has 0 fully saturated rings. The zero-order valence-corrected chi connectivity index (χ0v) is 7.99. The molecule has 0 unspecified atom stereocenters. The number of aryl methyl sites for hydroxylation is 1. The maximum absolute atomic E-state index is 11.5. The third-order valence-electron chi connectivity index (χ3n) is 1.92. The van der Waals surface area contributed by atoms with E-state index in [0.717, 1.165) is 6.42 Å². The van der Waals surface area contributed by atoms with Gasteiger partial charge in [0.15, 0.2) is 0 Å². The normalized spacial score (nSPS) is 10.3. The number of hydrogen-bond donors (Lipinski definition) is 0. The van der Waals surface area contributed by atoms with Crippen molar-refractivity contribution in [3.63, 3.8) is 0 Å². The van der Waals surface area contributed by atoms with Gasteiger partial charge in [0.05, 0.1) is 0 Å². The fourth-order valence-electron chi connectivity index (χ4n) is 1.26. The van der Waals surface area contributed by atoms with Gasteiger partial charge in [0.2, 0.25) is 0 Å². The van der Waals surface area contributed by atoms with E-state index in [1.807, 2.05) is 6.92 Å². The first-order valence-corrected chi connectivity index (χ1v) is 4.51. The summed E-state index contributed by atoms with van der Waals surface area (Å²) >= 11 is 0. The molecular formula is C9H14N2O2. The first-order valence-electron chi connectivity index (χ1n) is 4.51. The SMILES string of the molecule is CCCn1ccc(=O)n(CC)c1=O. The monoisotopic (exact) mass is 182 g/mol. The largest absolute Gasteiger partial charge is 0.330 e. The van der Waals surface area contributed by atoms with E-state index in [2.05, 4.69) is 0 Å². The molecule has 0 aromatic carbocycles. The van der Waals surface area contributed by atoms with Crippen LogP contribution in [0.1, 0.15) is 20.3 Å². The van der Waals surface area contributed by atoms with E-state index in [4.69, 9.17) is 0 Å². The Bertz CT molecular complexity index is 389. The molecular weight excluding hydrogens is 168 g/mol. The van der Waals surface area contributed by atoms with Crippen molar-refractivity contribution < 1.29 is 0 Å². The predicted molar refractivity (Wildman–Crippen MR) is 50.9 cm³/mol. The molecule has 0 N–H and O–H groups in total. The first-order chi connectivity index (χ1) is 6.20. The second-order valence-electron chi connectivity index (χ2n) is 2.87. The van der Waals surface area contributed by atoms with Gasteiger partial charge in [-0.05, 0) is 13.3 Å². The van der Waals surface area contributed by atoms with Gasteiger partial charge < -0.3 is 4.57 Å². The molecule has 0 aliphatic heterocycles. The Morgan fingerprint density at radius 1 is 1.31 bits per heavy atom. The van der Waals surface area contributed by atoms with Gasteiger partial charge in [-0.1, -0.05) is 6.92 Å². The van der Waals surface area contributed by atoms with Crippen molar-refractivity contribution in [3.8, 4) is 0 Å². The van der Waals surface area contributed by atoms with E-state index < -0.39 is 0 Å². The Labute approximate surface area is 76.4 Å². The van der Waals surface area contributed by atoms with Crippen molar-refractivity contribution in [2.24, 2.45) is 0 Å². The van der Waals surface area contributed by atoms with E-state index >= 15 is 0 Å². The van der Waals surface area contributed by atoms with Crippen LogP contribution in [0.4, 0.5) is 0 Å². The number of aromatic nitrogens is 2. The molecule has 1 aromatic rings. The third-order valence-corrected chi connectivity index (χ3v) is 1.92.